The molecule has 10 rings (SSSR count). The molecule has 1 aromatic heterocycles. The molecule has 10 aromatic rings. The van der Waals surface area contributed by atoms with Crippen molar-refractivity contribution in [3.8, 4) is 55.6 Å². The highest BCUT2D eigenvalue weighted by Crippen LogP contribution is 2.42. The lowest BCUT2D eigenvalue weighted by molar-refractivity contribution is 1.28. The predicted octanol–water partition coefficient (Wildman–Crippen LogP) is 15.9. The average Bonchev–Trinajstić information content (AvgIpc) is 3.66. The van der Waals surface area contributed by atoms with Gasteiger partial charge in [0, 0.05) is 37.2 Å². The van der Waals surface area contributed by atoms with Crippen LogP contribution >= 0.6 is 11.3 Å². The third-order valence-corrected chi connectivity index (χ3v) is 11.9. The van der Waals surface area contributed by atoms with Crippen molar-refractivity contribution in [3.63, 3.8) is 0 Å². The standard InChI is InChI=1S/C54H37NS/c1-4-12-38(13-5-1)40-20-28-46(29-21-40)55(47-30-22-41(23-31-47)39-14-6-2-7-15-39)48-32-24-42(25-33-48)44-26-34-49(43-16-8-3-9-17-43)51(36-44)45-27-35-54-52(37-45)50-18-10-11-19-53(50)56-54/h1-37H. The Morgan fingerprint density at radius 3 is 1.21 bits per heavy atom. The van der Waals surface area contributed by atoms with Crippen LogP contribution in [0.1, 0.15) is 0 Å². The number of fused-ring (bicyclic) bond motifs is 3. The predicted molar refractivity (Wildman–Crippen MR) is 241 cm³/mol. The van der Waals surface area contributed by atoms with Crippen LogP contribution in [0.5, 0.6) is 0 Å². The van der Waals surface area contributed by atoms with Gasteiger partial charge in [0.2, 0.25) is 0 Å². The molecular weight excluding hydrogens is 695 g/mol. The van der Waals surface area contributed by atoms with Crippen LogP contribution in [-0.2, 0) is 0 Å². The van der Waals surface area contributed by atoms with Gasteiger partial charge in [0.15, 0.2) is 0 Å². The summed E-state index contributed by atoms with van der Waals surface area (Å²) in [6.07, 6.45) is 0. The number of hydrogen-bond donors (Lipinski definition) is 0. The van der Waals surface area contributed by atoms with Gasteiger partial charge in [-0.1, -0.05) is 164 Å². The minimum absolute atomic E-state index is 1.10. The minimum Gasteiger partial charge on any atom is -0.311 e. The summed E-state index contributed by atoms with van der Waals surface area (Å²) in [5.74, 6) is 0. The third kappa shape index (κ3) is 6.47. The molecule has 1 heterocycles. The second kappa shape index (κ2) is 14.7. The minimum atomic E-state index is 1.10. The third-order valence-electron chi connectivity index (χ3n) is 10.7. The topological polar surface area (TPSA) is 3.24 Å². The van der Waals surface area contributed by atoms with Crippen LogP contribution in [-0.4, -0.2) is 0 Å². The molecule has 0 radical (unpaired) electrons. The molecule has 9 aromatic carbocycles. The molecule has 0 amide bonds. The first kappa shape index (κ1) is 33.6. The van der Waals surface area contributed by atoms with E-state index in [1.807, 2.05) is 11.3 Å². The molecule has 0 aliphatic carbocycles. The zero-order valence-corrected chi connectivity index (χ0v) is 31.5. The van der Waals surface area contributed by atoms with Gasteiger partial charge in [0.1, 0.15) is 0 Å². The van der Waals surface area contributed by atoms with Gasteiger partial charge in [-0.2, -0.15) is 0 Å². The Morgan fingerprint density at radius 2 is 0.661 bits per heavy atom. The Bertz CT molecular complexity index is 2830. The maximum Gasteiger partial charge on any atom is 0.0462 e. The molecule has 0 aliphatic heterocycles. The van der Waals surface area contributed by atoms with E-state index in [2.05, 4.69) is 229 Å². The van der Waals surface area contributed by atoms with Gasteiger partial charge in [-0.25, -0.2) is 0 Å². The van der Waals surface area contributed by atoms with Gasteiger partial charge in [-0.05, 0) is 116 Å². The number of thiophene rings is 1. The molecule has 0 spiro atoms. The number of benzene rings is 9. The van der Waals surface area contributed by atoms with E-state index in [-0.39, 0.29) is 0 Å². The summed E-state index contributed by atoms with van der Waals surface area (Å²) in [6, 6.07) is 81.3. The molecule has 264 valence electrons. The zero-order valence-electron chi connectivity index (χ0n) is 30.7. The first-order valence-electron chi connectivity index (χ1n) is 19.1. The van der Waals surface area contributed by atoms with Crippen LogP contribution in [0.2, 0.25) is 0 Å². The summed E-state index contributed by atoms with van der Waals surface area (Å²) in [5, 5.41) is 2.63. The molecule has 0 N–H and O–H groups in total. The number of hydrogen-bond acceptors (Lipinski definition) is 2. The van der Waals surface area contributed by atoms with Crippen molar-refractivity contribution in [2.45, 2.75) is 0 Å². The van der Waals surface area contributed by atoms with E-state index >= 15 is 0 Å². The smallest absolute Gasteiger partial charge is 0.0462 e. The van der Waals surface area contributed by atoms with Crippen molar-refractivity contribution in [1.29, 1.82) is 0 Å². The molecule has 0 unspecified atom stereocenters. The number of anilines is 3. The lowest BCUT2D eigenvalue weighted by Gasteiger charge is -2.26. The highest BCUT2D eigenvalue weighted by atomic mass is 32.1. The van der Waals surface area contributed by atoms with Gasteiger partial charge in [0.25, 0.3) is 0 Å². The zero-order chi connectivity index (χ0) is 37.3. The highest BCUT2D eigenvalue weighted by Gasteiger charge is 2.16. The van der Waals surface area contributed by atoms with Crippen molar-refractivity contribution in [3.05, 3.63) is 224 Å². The Balaban J connectivity index is 1.04. The van der Waals surface area contributed by atoms with Gasteiger partial charge < -0.3 is 4.90 Å². The van der Waals surface area contributed by atoms with Crippen LogP contribution in [0, 0.1) is 0 Å². The van der Waals surface area contributed by atoms with E-state index in [0.29, 0.717) is 0 Å². The van der Waals surface area contributed by atoms with Crippen LogP contribution in [0.25, 0.3) is 75.8 Å². The second-order valence-corrected chi connectivity index (χ2v) is 15.2. The first-order chi connectivity index (χ1) is 27.7. The highest BCUT2D eigenvalue weighted by molar-refractivity contribution is 7.25. The van der Waals surface area contributed by atoms with Crippen molar-refractivity contribution in [2.75, 3.05) is 4.90 Å². The summed E-state index contributed by atoms with van der Waals surface area (Å²) in [4.78, 5) is 2.34. The van der Waals surface area contributed by atoms with Crippen molar-refractivity contribution in [2.24, 2.45) is 0 Å². The van der Waals surface area contributed by atoms with Gasteiger partial charge in [-0.15, -0.1) is 11.3 Å². The van der Waals surface area contributed by atoms with E-state index in [4.69, 9.17) is 0 Å². The van der Waals surface area contributed by atoms with Crippen LogP contribution in [0.4, 0.5) is 17.1 Å². The van der Waals surface area contributed by atoms with E-state index in [1.165, 1.54) is 75.8 Å². The fraction of sp³-hybridized carbons (Fsp3) is 0. The Labute approximate surface area is 332 Å². The van der Waals surface area contributed by atoms with E-state index in [9.17, 15) is 0 Å². The van der Waals surface area contributed by atoms with E-state index in [0.717, 1.165) is 17.1 Å². The largest absolute Gasteiger partial charge is 0.311 e. The molecule has 0 atom stereocenters. The normalized spacial score (nSPS) is 11.2. The lowest BCUT2D eigenvalue weighted by Crippen LogP contribution is -2.09. The lowest BCUT2D eigenvalue weighted by atomic mass is 9.90. The van der Waals surface area contributed by atoms with Gasteiger partial charge in [0.05, 0.1) is 0 Å². The quantitative estimate of drug-likeness (QED) is 0.150. The molecule has 0 bridgehead atoms. The average molecular weight is 732 g/mol. The summed E-state index contributed by atoms with van der Waals surface area (Å²) < 4.78 is 2.64. The van der Waals surface area contributed by atoms with E-state index < -0.39 is 0 Å². The molecule has 0 saturated carbocycles. The molecule has 2 heteroatoms. The first-order valence-corrected chi connectivity index (χ1v) is 19.9. The Hall–Kier alpha value is -7.00. The molecule has 0 saturated heterocycles. The van der Waals surface area contributed by atoms with Crippen LogP contribution < -0.4 is 4.90 Å². The van der Waals surface area contributed by atoms with Gasteiger partial charge >= 0.3 is 0 Å². The fourth-order valence-electron chi connectivity index (χ4n) is 7.84. The number of rotatable bonds is 8. The second-order valence-electron chi connectivity index (χ2n) is 14.1. The molecule has 0 fully saturated rings. The maximum absolute atomic E-state index is 2.38. The van der Waals surface area contributed by atoms with E-state index in [1.54, 1.807) is 0 Å². The summed E-state index contributed by atoms with van der Waals surface area (Å²) in [5.41, 5.74) is 15.4. The Kier molecular flexibility index (Phi) is 8.79. The van der Waals surface area contributed by atoms with Crippen LogP contribution in [0.3, 0.4) is 0 Å². The number of nitrogens with zero attached hydrogens (tertiary/aromatic N) is 1. The SMILES string of the molecule is c1ccc(-c2ccc(N(c3ccc(-c4ccccc4)cc3)c3ccc(-c4ccc(-c5ccccc5)c(-c5ccc6sc7ccccc7c6c5)c4)cc3)cc2)cc1. The maximum atomic E-state index is 2.38. The molecule has 56 heavy (non-hydrogen) atoms. The Morgan fingerprint density at radius 1 is 0.250 bits per heavy atom. The molecule has 0 aliphatic rings. The van der Waals surface area contributed by atoms with Crippen molar-refractivity contribution >= 4 is 48.6 Å². The fourth-order valence-corrected chi connectivity index (χ4v) is 8.93. The molecular formula is C54H37NS. The van der Waals surface area contributed by atoms with Crippen molar-refractivity contribution < 1.29 is 0 Å². The summed E-state index contributed by atoms with van der Waals surface area (Å²) in [6.45, 7) is 0. The monoisotopic (exact) mass is 731 g/mol. The summed E-state index contributed by atoms with van der Waals surface area (Å²) in [7, 11) is 0. The van der Waals surface area contributed by atoms with Crippen molar-refractivity contribution in [1.82, 2.24) is 0 Å². The van der Waals surface area contributed by atoms with Crippen LogP contribution in [0.15, 0.2) is 224 Å². The summed E-state index contributed by atoms with van der Waals surface area (Å²) >= 11 is 1.86. The molecule has 1 nitrogen and oxygen atoms in total. The van der Waals surface area contributed by atoms with Gasteiger partial charge in [-0.3, -0.25) is 0 Å².